The van der Waals surface area contributed by atoms with Crippen molar-refractivity contribution >= 4 is 0 Å². The fourth-order valence-electron chi connectivity index (χ4n) is 3.47. The Balaban J connectivity index is 1.62. The summed E-state index contributed by atoms with van der Waals surface area (Å²) in [6.45, 7) is 5.27. The van der Waals surface area contributed by atoms with Crippen LogP contribution in [0, 0.1) is 18.7 Å². The van der Waals surface area contributed by atoms with Gasteiger partial charge in [-0.1, -0.05) is 48.0 Å². The molecule has 0 aromatic heterocycles. The lowest BCUT2D eigenvalue weighted by Crippen LogP contribution is -2.35. The maximum absolute atomic E-state index is 14.0. The van der Waals surface area contributed by atoms with Crippen molar-refractivity contribution < 1.29 is 4.39 Å². The summed E-state index contributed by atoms with van der Waals surface area (Å²) < 4.78 is 14.0. The largest absolute Gasteiger partial charge is 0.299 e. The minimum Gasteiger partial charge on any atom is -0.299 e. The summed E-state index contributed by atoms with van der Waals surface area (Å²) in [5.74, 6) is 0.513. The molecule has 22 heavy (non-hydrogen) atoms. The highest BCUT2D eigenvalue weighted by atomic mass is 19.1. The fourth-order valence-corrected chi connectivity index (χ4v) is 3.47. The Bertz CT molecular complexity index is 608. The van der Waals surface area contributed by atoms with Gasteiger partial charge in [-0.15, -0.1) is 0 Å². The Morgan fingerprint density at radius 3 is 2.77 bits per heavy atom. The number of halogens is 1. The number of piperidine rings is 1. The summed E-state index contributed by atoms with van der Waals surface area (Å²) in [5, 5.41) is 0. The Kier molecular flexibility index (Phi) is 4.89. The average Bonchev–Trinajstić information content (AvgIpc) is 2.52. The normalized spacial score (nSPS) is 19.3. The van der Waals surface area contributed by atoms with Crippen molar-refractivity contribution in [2.45, 2.75) is 32.7 Å². The SMILES string of the molecule is Cc1ccc(F)c(CC2CCCN(Cc3ccccc3)C2)c1. The van der Waals surface area contributed by atoms with Gasteiger partial charge in [0.15, 0.2) is 0 Å². The topological polar surface area (TPSA) is 3.24 Å². The van der Waals surface area contributed by atoms with E-state index in [1.54, 1.807) is 6.07 Å². The molecular weight excluding hydrogens is 273 g/mol. The average molecular weight is 297 g/mol. The third-order valence-electron chi connectivity index (χ3n) is 4.56. The molecule has 1 aliphatic heterocycles. The quantitative estimate of drug-likeness (QED) is 0.798. The van der Waals surface area contributed by atoms with Gasteiger partial charge in [-0.3, -0.25) is 4.90 Å². The van der Waals surface area contributed by atoms with Crippen LogP contribution in [-0.4, -0.2) is 18.0 Å². The highest BCUT2D eigenvalue weighted by Crippen LogP contribution is 2.24. The van der Waals surface area contributed by atoms with Gasteiger partial charge in [-0.05, 0) is 55.8 Å². The number of benzene rings is 2. The molecule has 1 unspecified atom stereocenters. The van der Waals surface area contributed by atoms with Crippen molar-refractivity contribution in [2.75, 3.05) is 13.1 Å². The van der Waals surface area contributed by atoms with E-state index in [9.17, 15) is 4.39 Å². The summed E-state index contributed by atoms with van der Waals surface area (Å²) in [6, 6.07) is 16.1. The predicted molar refractivity (Wildman–Crippen MR) is 89.3 cm³/mol. The van der Waals surface area contributed by atoms with Gasteiger partial charge in [0.05, 0.1) is 0 Å². The van der Waals surface area contributed by atoms with E-state index < -0.39 is 0 Å². The van der Waals surface area contributed by atoms with Crippen molar-refractivity contribution in [1.29, 1.82) is 0 Å². The Hall–Kier alpha value is -1.67. The lowest BCUT2D eigenvalue weighted by atomic mass is 9.90. The first kappa shape index (κ1) is 15.2. The van der Waals surface area contributed by atoms with Crippen molar-refractivity contribution in [3.8, 4) is 0 Å². The second-order valence-corrected chi connectivity index (χ2v) is 6.53. The van der Waals surface area contributed by atoms with Crippen molar-refractivity contribution in [3.63, 3.8) is 0 Å². The molecule has 0 aliphatic carbocycles. The lowest BCUT2D eigenvalue weighted by Gasteiger charge is -2.33. The number of hydrogen-bond donors (Lipinski definition) is 0. The Morgan fingerprint density at radius 2 is 1.95 bits per heavy atom. The summed E-state index contributed by atoms with van der Waals surface area (Å²) in [6.07, 6.45) is 3.28. The van der Waals surface area contributed by atoms with Gasteiger partial charge >= 0.3 is 0 Å². The van der Waals surface area contributed by atoms with E-state index in [4.69, 9.17) is 0 Å². The lowest BCUT2D eigenvalue weighted by molar-refractivity contribution is 0.166. The minimum atomic E-state index is -0.0502. The molecule has 116 valence electrons. The molecule has 1 nitrogen and oxygen atoms in total. The molecule has 3 rings (SSSR count). The number of hydrogen-bond acceptors (Lipinski definition) is 1. The maximum atomic E-state index is 14.0. The van der Waals surface area contributed by atoms with Crippen LogP contribution >= 0.6 is 0 Å². The molecule has 1 heterocycles. The highest BCUT2D eigenvalue weighted by molar-refractivity contribution is 5.24. The van der Waals surface area contributed by atoms with Gasteiger partial charge in [-0.2, -0.15) is 0 Å². The Labute approximate surface area is 132 Å². The first-order valence-corrected chi connectivity index (χ1v) is 8.22. The van der Waals surface area contributed by atoms with Gasteiger partial charge in [0.2, 0.25) is 0 Å². The van der Waals surface area contributed by atoms with E-state index in [0.717, 1.165) is 37.2 Å². The summed E-state index contributed by atoms with van der Waals surface area (Å²) in [7, 11) is 0. The van der Waals surface area contributed by atoms with Crippen LogP contribution in [0.4, 0.5) is 4.39 Å². The molecule has 2 aromatic carbocycles. The van der Waals surface area contributed by atoms with Crippen molar-refractivity contribution in [3.05, 3.63) is 71.0 Å². The van der Waals surface area contributed by atoms with Crippen LogP contribution < -0.4 is 0 Å². The highest BCUT2D eigenvalue weighted by Gasteiger charge is 2.21. The Morgan fingerprint density at radius 1 is 1.14 bits per heavy atom. The molecule has 1 aliphatic rings. The second kappa shape index (κ2) is 7.06. The molecule has 0 radical (unpaired) electrons. The number of nitrogens with zero attached hydrogens (tertiary/aromatic N) is 1. The molecule has 1 saturated heterocycles. The molecule has 0 amide bonds. The molecule has 0 spiro atoms. The molecule has 0 saturated carbocycles. The predicted octanol–water partition coefficient (Wildman–Crippen LogP) is 4.59. The number of likely N-dealkylation sites (tertiary alicyclic amines) is 1. The fraction of sp³-hybridized carbons (Fsp3) is 0.400. The smallest absolute Gasteiger partial charge is 0.126 e. The van der Waals surface area contributed by atoms with Crippen molar-refractivity contribution in [1.82, 2.24) is 4.90 Å². The zero-order chi connectivity index (χ0) is 15.4. The summed E-state index contributed by atoms with van der Waals surface area (Å²) >= 11 is 0. The van der Waals surface area contributed by atoms with Crippen LogP contribution in [0.2, 0.25) is 0 Å². The first-order valence-electron chi connectivity index (χ1n) is 8.22. The number of aryl methyl sites for hydroxylation is 1. The zero-order valence-electron chi connectivity index (χ0n) is 13.3. The third-order valence-corrected chi connectivity index (χ3v) is 4.56. The monoisotopic (exact) mass is 297 g/mol. The van der Waals surface area contributed by atoms with Crippen LogP contribution in [0.15, 0.2) is 48.5 Å². The maximum Gasteiger partial charge on any atom is 0.126 e. The van der Waals surface area contributed by atoms with Crippen LogP contribution in [0.3, 0.4) is 0 Å². The van der Waals surface area contributed by atoms with Gasteiger partial charge in [0.25, 0.3) is 0 Å². The minimum absolute atomic E-state index is 0.0502. The zero-order valence-corrected chi connectivity index (χ0v) is 13.3. The van der Waals surface area contributed by atoms with E-state index in [1.807, 2.05) is 19.1 Å². The van der Waals surface area contributed by atoms with E-state index in [0.29, 0.717) is 5.92 Å². The van der Waals surface area contributed by atoms with E-state index in [2.05, 4.69) is 35.2 Å². The first-order chi connectivity index (χ1) is 10.7. The number of rotatable bonds is 4. The van der Waals surface area contributed by atoms with Crippen LogP contribution in [0.5, 0.6) is 0 Å². The van der Waals surface area contributed by atoms with Crippen molar-refractivity contribution in [2.24, 2.45) is 5.92 Å². The standard InChI is InChI=1S/C20H24FN/c1-16-9-10-20(21)19(12-16)13-18-8-5-11-22(15-18)14-17-6-3-2-4-7-17/h2-4,6-7,9-10,12,18H,5,8,11,13-15H2,1H3. The van der Waals surface area contributed by atoms with Gasteiger partial charge in [0.1, 0.15) is 5.82 Å². The van der Waals surface area contributed by atoms with Gasteiger partial charge < -0.3 is 0 Å². The van der Waals surface area contributed by atoms with Crippen LogP contribution in [0.25, 0.3) is 0 Å². The van der Waals surface area contributed by atoms with Crippen LogP contribution in [-0.2, 0) is 13.0 Å². The van der Waals surface area contributed by atoms with E-state index >= 15 is 0 Å². The molecule has 0 bridgehead atoms. The second-order valence-electron chi connectivity index (χ2n) is 6.53. The molecule has 2 aromatic rings. The molecule has 1 atom stereocenters. The molecule has 1 fully saturated rings. The van der Waals surface area contributed by atoms with Crippen LogP contribution in [0.1, 0.15) is 29.5 Å². The molecule has 2 heteroatoms. The molecular formula is C20H24FN. The third kappa shape index (κ3) is 3.95. The van der Waals surface area contributed by atoms with E-state index in [-0.39, 0.29) is 5.82 Å². The van der Waals surface area contributed by atoms with Gasteiger partial charge in [-0.25, -0.2) is 4.39 Å². The van der Waals surface area contributed by atoms with E-state index in [1.165, 1.54) is 18.4 Å². The summed E-state index contributed by atoms with van der Waals surface area (Å²) in [4.78, 5) is 2.51. The van der Waals surface area contributed by atoms with Gasteiger partial charge in [0, 0.05) is 13.1 Å². The summed E-state index contributed by atoms with van der Waals surface area (Å²) in [5.41, 5.74) is 3.39. The molecule has 0 N–H and O–H groups in total.